The summed E-state index contributed by atoms with van der Waals surface area (Å²) in [4.78, 5) is 15.4. The molecule has 0 spiro atoms. The third kappa shape index (κ3) is 3.69. The van der Waals surface area contributed by atoms with E-state index in [1.165, 1.54) is 12.1 Å². The first kappa shape index (κ1) is 12.8. The first-order chi connectivity index (χ1) is 7.65. The van der Waals surface area contributed by atoms with Gasteiger partial charge >= 0.3 is 0 Å². The lowest BCUT2D eigenvalue weighted by Gasteiger charge is -2.04. The molecule has 0 aliphatic rings. The summed E-state index contributed by atoms with van der Waals surface area (Å²) >= 11 is 11.4. The maximum atomic E-state index is 11.6. The Morgan fingerprint density at radius 1 is 1.50 bits per heavy atom. The molecule has 0 saturated carbocycles. The lowest BCUT2D eigenvalue weighted by Crippen LogP contribution is -2.25. The van der Waals surface area contributed by atoms with Crippen LogP contribution in [0, 0.1) is 11.3 Å². The fourth-order valence-corrected chi connectivity index (χ4v) is 1.37. The summed E-state index contributed by atoms with van der Waals surface area (Å²) in [5.74, 6) is -0.384. The van der Waals surface area contributed by atoms with Crippen molar-refractivity contribution in [3.63, 3.8) is 0 Å². The molecule has 1 N–H and O–H groups in total. The third-order valence-electron chi connectivity index (χ3n) is 1.78. The number of nitrogens with zero attached hydrogens (tertiary/aromatic N) is 2. The van der Waals surface area contributed by atoms with E-state index in [9.17, 15) is 4.79 Å². The molecular formula is C10H9Cl2N3O. The van der Waals surface area contributed by atoms with Crippen LogP contribution in [0.5, 0.6) is 0 Å². The Balaban J connectivity index is 2.59. The van der Waals surface area contributed by atoms with Crippen molar-refractivity contribution in [2.75, 3.05) is 6.54 Å². The molecule has 0 saturated heterocycles. The summed E-state index contributed by atoms with van der Waals surface area (Å²) in [5, 5.41) is 11.4. The van der Waals surface area contributed by atoms with Crippen molar-refractivity contribution in [1.29, 1.82) is 5.26 Å². The molecule has 0 unspecified atom stereocenters. The minimum absolute atomic E-state index is 0.103. The predicted molar refractivity (Wildman–Crippen MR) is 61.4 cm³/mol. The van der Waals surface area contributed by atoms with Crippen LogP contribution in [0.15, 0.2) is 12.1 Å². The number of nitrogens with one attached hydrogen (secondary N) is 1. The number of carbonyl (C=O) groups is 1. The average molecular weight is 258 g/mol. The highest BCUT2D eigenvalue weighted by Crippen LogP contribution is 2.16. The standard InChI is InChI=1S/C10H9Cl2N3O/c11-7-3-4-8(12)15-9(7)10(16)14-6-2-1-5-13/h3-4H,1-2,6H2,(H,14,16). The zero-order valence-electron chi connectivity index (χ0n) is 8.33. The molecule has 0 aliphatic carbocycles. The Morgan fingerprint density at radius 3 is 2.94 bits per heavy atom. The fourth-order valence-electron chi connectivity index (χ4n) is 1.03. The van der Waals surface area contributed by atoms with Gasteiger partial charge in [0, 0.05) is 13.0 Å². The van der Waals surface area contributed by atoms with Crippen LogP contribution in [0.25, 0.3) is 0 Å². The second-order valence-electron chi connectivity index (χ2n) is 2.98. The number of hydrogen-bond donors (Lipinski definition) is 1. The van der Waals surface area contributed by atoms with Crippen LogP contribution >= 0.6 is 23.2 Å². The summed E-state index contributed by atoms with van der Waals surface area (Å²) in [7, 11) is 0. The number of hydrogen-bond acceptors (Lipinski definition) is 3. The van der Waals surface area contributed by atoms with E-state index in [0.717, 1.165) is 0 Å². The second-order valence-corrected chi connectivity index (χ2v) is 3.78. The SMILES string of the molecule is N#CCCCNC(=O)c1nc(Cl)ccc1Cl. The lowest BCUT2D eigenvalue weighted by molar-refractivity contribution is 0.0948. The zero-order chi connectivity index (χ0) is 12.0. The van der Waals surface area contributed by atoms with Crippen LogP contribution in [-0.4, -0.2) is 17.4 Å². The van der Waals surface area contributed by atoms with Crippen LogP contribution in [-0.2, 0) is 0 Å². The molecule has 1 heterocycles. The van der Waals surface area contributed by atoms with Crippen LogP contribution < -0.4 is 5.32 Å². The van der Waals surface area contributed by atoms with Gasteiger partial charge in [-0.1, -0.05) is 23.2 Å². The van der Waals surface area contributed by atoms with E-state index < -0.39 is 0 Å². The first-order valence-electron chi connectivity index (χ1n) is 4.62. The smallest absolute Gasteiger partial charge is 0.271 e. The first-order valence-corrected chi connectivity index (χ1v) is 5.38. The summed E-state index contributed by atoms with van der Waals surface area (Å²) in [5.41, 5.74) is 0.103. The maximum absolute atomic E-state index is 11.6. The molecular weight excluding hydrogens is 249 g/mol. The van der Waals surface area contributed by atoms with E-state index in [2.05, 4.69) is 10.3 Å². The van der Waals surface area contributed by atoms with Gasteiger partial charge in [0.25, 0.3) is 5.91 Å². The average Bonchev–Trinajstić information content (AvgIpc) is 2.27. The molecule has 0 aromatic carbocycles. The van der Waals surface area contributed by atoms with Crippen LogP contribution in [0.4, 0.5) is 0 Å². The van der Waals surface area contributed by atoms with Gasteiger partial charge in [0.2, 0.25) is 0 Å². The highest BCUT2D eigenvalue weighted by atomic mass is 35.5. The number of pyridine rings is 1. The Bertz CT molecular complexity index is 429. The van der Waals surface area contributed by atoms with Gasteiger partial charge in [-0.15, -0.1) is 0 Å². The van der Waals surface area contributed by atoms with E-state index >= 15 is 0 Å². The number of unbranched alkanes of at least 4 members (excludes halogenated alkanes) is 1. The fraction of sp³-hybridized carbons (Fsp3) is 0.300. The van der Waals surface area contributed by atoms with Crippen LogP contribution in [0.2, 0.25) is 10.2 Å². The number of nitriles is 1. The molecule has 84 valence electrons. The van der Waals surface area contributed by atoms with Crippen molar-refractivity contribution in [1.82, 2.24) is 10.3 Å². The van der Waals surface area contributed by atoms with Crippen molar-refractivity contribution in [3.05, 3.63) is 28.0 Å². The summed E-state index contributed by atoms with van der Waals surface area (Å²) in [6, 6.07) is 5.01. The van der Waals surface area contributed by atoms with Gasteiger partial charge in [0.15, 0.2) is 0 Å². The van der Waals surface area contributed by atoms with E-state index in [-0.39, 0.29) is 21.8 Å². The van der Waals surface area contributed by atoms with Gasteiger partial charge in [-0.25, -0.2) is 4.98 Å². The largest absolute Gasteiger partial charge is 0.351 e. The number of rotatable bonds is 4. The van der Waals surface area contributed by atoms with E-state index in [1.807, 2.05) is 6.07 Å². The second kappa shape index (κ2) is 6.31. The Morgan fingerprint density at radius 2 is 2.25 bits per heavy atom. The molecule has 1 aromatic rings. The van der Waals surface area contributed by atoms with Crippen molar-refractivity contribution >= 4 is 29.1 Å². The molecule has 0 atom stereocenters. The summed E-state index contributed by atoms with van der Waals surface area (Å²) < 4.78 is 0. The van der Waals surface area contributed by atoms with E-state index in [1.54, 1.807) is 0 Å². The third-order valence-corrected chi connectivity index (χ3v) is 2.29. The topological polar surface area (TPSA) is 65.8 Å². The highest BCUT2D eigenvalue weighted by Gasteiger charge is 2.11. The monoisotopic (exact) mass is 257 g/mol. The molecule has 6 heteroatoms. The molecule has 16 heavy (non-hydrogen) atoms. The Labute approximate surface area is 103 Å². The molecule has 4 nitrogen and oxygen atoms in total. The van der Waals surface area contributed by atoms with Gasteiger partial charge in [-0.3, -0.25) is 4.79 Å². The highest BCUT2D eigenvalue weighted by molar-refractivity contribution is 6.34. The predicted octanol–water partition coefficient (Wildman–Crippen LogP) is 2.42. The molecule has 1 aromatic heterocycles. The van der Waals surface area contributed by atoms with Crippen molar-refractivity contribution in [3.8, 4) is 6.07 Å². The van der Waals surface area contributed by atoms with Crippen molar-refractivity contribution < 1.29 is 4.79 Å². The van der Waals surface area contributed by atoms with Gasteiger partial charge in [0.1, 0.15) is 10.8 Å². The maximum Gasteiger partial charge on any atom is 0.271 e. The summed E-state index contributed by atoms with van der Waals surface area (Å²) in [6.45, 7) is 0.414. The molecule has 1 amide bonds. The van der Waals surface area contributed by atoms with E-state index in [4.69, 9.17) is 28.5 Å². The minimum Gasteiger partial charge on any atom is -0.351 e. The number of amides is 1. The van der Waals surface area contributed by atoms with Gasteiger partial charge < -0.3 is 5.32 Å². The van der Waals surface area contributed by atoms with E-state index in [0.29, 0.717) is 19.4 Å². The normalized spacial score (nSPS) is 9.56. The molecule has 0 fully saturated rings. The van der Waals surface area contributed by atoms with Gasteiger partial charge in [-0.2, -0.15) is 5.26 Å². The molecule has 0 radical (unpaired) electrons. The van der Waals surface area contributed by atoms with Crippen molar-refractivity contribution in [2.24, 2.45) is 0 Å². The Hall–Kier alpha value is -1.31. The minimum atomic E-state index is -0.384. The number of halogens is 2. The molecule has 0 aliphatic heterocycles. The number of carbonyl (C=O) groups excluding carboxylic acids is 1. The van der Waals surface area contributed by atoms with Crippen LogP contribution in [0.3, 0.4) is 0 Å². The lowest BCUT2D eigenvalue weighted by atomic mass is 10.3. The van der Waals surface area contributed by atoms with Gasteiger partial charge in [0.05, 0.1) is 11.1 Å². The van der Waals surface area contributed by atoms with Gasteiger partial charge in [-0.05, 0) is 18.6 Å². The quantitative estimate of drug-likeness (QED) is 0.666. The Kier molecular flexibility index (Phi) is 5.03. The number of aromatic nitrogens is 1. The van der Waals surface area contributed by atoms with Crippen molar-refractivity contribution in [2.45, 2.75) is 12.8 Å². The zero-order valence-corrected chi connectivity index (χ0v) is 9.85. The molecule has 0 bridgehead atoms. The summed E-state index contributed by atoms with van der Waals surface area (Å²) in [6.07, 6.45) is 0.997. The van der Waals surface area contributed by atoms with Crippen LogP contribution in [0.1, 0.15) is 23.3 Å². The molecule has 1 rings (SSSR count).